The molecule has 54 valence electrons. The summed E-state index contributed by atoms with van der Waals surface area (Å²) in [5.74, 6) is -1.66. The van der Waals surface area contributed by atoms with Crippen LogP contribution < -0.4 is 5.11 Å². The molecule has 0 fully saturated rings. The number of carboxylic acids is 1. The summed E-state index contributed by atoms with van der Waals surface area (Å²) in [6.07, 6.45) is -1.94. The second-order valence-electron chi connectivity index (χ2n) is 2.77. The number of rotatable bonds is 2. The van der Waals surface area contributed by atoms with Gasteiger partial charge in [0, 0.05) is 0 Å². The van der Waals surface area contributed by atoms with Crippen molar-refractivity contribution in [1.82, 2.24) is 0 Å². The third kappa shape index (κ3) is 2.41. The van der Waals surface area contributed by atoms with Crippen LogP contribution in [0.4, 0.5) is 4.39 Å². The lowest BCUT2D eigenvalue weighted by Crippen LogP contribution is -2.52. The Morgan fingerprint density at radius 1 is 1.56 bits per heavy atom. The fourth-order valence-electron chi connectivity index (χ4n) is 0.316. The number of alkyl halides is 1. The molecule has 0 aromatic carbocycles. The highest BCUT2D eigenvalue weighted by atomic mass is 19.1. The van der Waals surface area contributed by atoms with Crippen molar-refractivity contribution in [3.05, 3.63) is 0 Å². The van der Waals surface area contributed by atoms with E-state index in [0.717, 1.165) is 0 Å². The average Bonchev–Trinajstić information content (AvgIpc) is 1.62. The summed E-state index contributed by atoms with van der Waals surface area (Å²) >= 11 is 0. The van der Waals surface area contributed by atoms with Crippen molar-refractivity contribution in [3.63, 3.8) is 0 Å². The van der Waals surface area contributed by atoms with Gasteiger partial charge in [-0.3, -0.25) is 4.48 Å². The van der Waals surface area contributed by atoms with Crippen LogP contribution in [0.25, 0.3) is 0 Å². The number of nitrogens with zero attached hydrogens (tertiary/aromatic N) is 1. The molecule has 0 aliphatic heterocycles. The quantitative estimate of drug-likeness (QED) is 0.350. The Kier molecular flexibility index (Phi) is 2.14. The molecule has 0 heterocycles. The van der Waals surface area contributed by atoms with Crippen LogP contribution in [0.3, 0.4) is 0 Å². The van der Waals surface area contributed by atoms with Gasteiger partial charge in [0.1, 0.15) is 5.97 Å². The van der Waals surface area contributed by atoms with E-state index in [4.69, 9.17) is 0 Å². The second-order valence-corrected chi connectivity index (χ2v) is 2.77. The van der Waals surface area contributed by atoms with Crippen molar-refractivity contribution in [1.29, 1.82) is 0 Å². The summed E-state index contributed by atoms with van der Waals surface area (Å²) in [6.45, 7) is 0. The van der Waals surface area contributed by atoms with Crippen LogP contribution in [-0.4, -0.2) is 37.9 Å². The van der Waals surface area contributed by atoms with Gasteiger partial charge < -0.3 is 9.90 Å². The Morgan fingerprint density at radius 3 is 1.89 bits per heavy atom. The van der Waals surface area contributed by atoms with E-state index >= 15 is 0 Å². The van der Waals surface area contributed by atoms with Gasteiger partial charge in [-0.05, 0) is 0 Å². The largest absolute Gasteiger partial charge is 0.542 e. The van der Waals surface area contributed by atoms with Crippen molar-refractivity contribution in [2.24, 2.45) is 0 Å². The molecule has 0 N–H and O–H groups in total. The number of carbonyl (C=O) groups is 1. The van der Waals surface area contributed by atoms with E-state index in [1.807, 2.05) is 0 Å². The van der Waals surface area contributed by atoms with Crippen LogP contribution in [0.5, 0.6) is 0 Å². The smallest absolute Gasteiger partial charge is 0.272 e. The highest BCUT2D eigenvalue weighted by Gasteiger charge is 2.23. The van der Waals surface area contributed by atoms with Gasteiger partial charge in [-0.25, -0.2) is 0 Å². The minimum absolute atomic E-state index is 0.262. The average molecular weight is 135 g/mol. The lowest BCUT2D eigenvalue weighted by Gasteiger charge is -2.28. The van der Waals surface area contributed by atoms with E-state index in [1.165, 1.54) is 21.1 Å². The first-order valence-electron chi connectivity index (χ1n) is 2.51. The van der Waals surface area contributed by atoms with Crippen molar-refractivity contribution in [3.8, 4) is 0 Å². The molecule has 9 heavy (non-hydrogen) atoms. The molecule has 0 bridgehead atoms. The molecule has 0 aromatic rings. The predicted octanol–water partition coefficient (Wildman–Crippen LogP) is -1.26. The van der Waals surface area contributed by atoms with Gasteiger partial charge >= 0.3 is 0 Å². The summed E-state index contributed by atoms with van der Waals surface area (Å²) in [5.41, 5.74) is 0. The number of hydrogen-bond acceptors (Lipinski definition) is 2. The zero-order valence-electron chi connectivity index (χ0n) is 5.72. The molecule has 0 aromatic heterocycles. The molecule has 0 aliphatic rings. The summed E-state index contributed by atoms with van der Waals surface area (Å²) < 4.78 is 12.1. The maximum Gasteiger partial charge on any atom is 0.272 e. The van der Waals surface area contributed by atoms with Crippen LogP contribution in [0.15, 0.2) is 0 Å². The van der Waals surface area contributed by atoms with Gasteiger partial charge in [-0.15, -0.1) is 0 Å². The minimum atomic E-state index is -1.94. The van der Waals surface area contributed by atoms with Gasteiger partial charge in [0.05, 0.1) is 21.1 Å². The number of hydrogen-bond donors (Lipinski definition) is 0. The van der Waals surface area contributed by atoms with E-state index in [1.54, 1.807) is 0 Å². The topological polar surface area (TPSA) is 40.1 Å². The molecular formula is C5H10FNO2. The summed E-state index contributed by atoms with van der Waals surface area (Å²) in [6, 6.07) is 0. The standard InChI is InChI=1S/C5H10FNO2/c1-7(2,3)4(6)5(8)9/h4H,1-3H3. The van der Waals surface area contributed by atoms with Gasteiger partial charge in [-0.2, -0.15) is 4.39 Å². The molecule has 0 spiro atoms. The molecule has 0 aliphatic carbocycles. The predicted molar refractivity (Wildman–Crippen MR) is 27.9 cm³/mol. The van der Waals surface area contributed by atoms with Gasteiger partial charge in [0.15, 0.2) is 0 Å². The van der Waals surface area contributed by atoms with E-state index in [2.05, 4.69) is 0 Å². The Labute approximate surface area is 53.3 Å². The van der Waals surface area contributed by atoms with E-state index in [9.17, 15) is 14.3 Å². The highest BCUT2D eigenvalue weighted by Crippen LogP contribution is 2.01. The molecule has 0 amide bonds. The minimum Gasteiger partial charge on any atom is -0.542 e. The SMILES string of the molecule is C[N+](C)(C)C(F)C(=O)[O-]. The number of aliphatic carboxylic acids is 1. The third-order valence-corrected chi connectivity index (χ3v) is 0.875. The maximum atomic E-state index is 12.3. The zero-order valence-corrected chi connectivity index (χ0v) is 5.72. The Morgan fingerprint density at radius 2 is 1.89 bits per heavy atom. The van der Waals surface area contributed by atoms with Gasteiger partial charge in [-0.1, -0.05) is 0 Å². The molecule has 1 atom stereocenters. The Balaban J connectivity index is 4.04. The van der Waals surface area contributed by atoms with Crippen LogP contribution in [0, 0.1) is 0 Å². The normalized spacial score (nSPS) is 15.1. The third-order valence-electron chi connectivity index (χ3n) is 0.875. The molecule has 1 unspecified atom stereocenters. The van der Waals surface area contributed by atoms with Crippen molar-refractivity contribution < 1.29 is 18.8 Å². The van der Waals surface area contributed by atoms with Crippen molar-refractivity contribution in [2.45, 2.75) is 6.30 Å². The van der Waals surface area contributed by atoms with Gasteiger partial charge in [0.25, 0.3) is 6.30 Å². The number of carboxylic acid groups (broad SMARTS) is 1. The molecule has 0 saturated heterocycles. The summed E-state index contributed by atoms with van der Waals surface area (Å²) in [5, 5.41) is 9.84. The van der Waals surface area contributed by atoms with Crippen LogP contribution >= 0.6 is 0 Å². The van der Waals surface area contributed by atoms with Gasteiger partial charge in [0.2, 0.25) is 0 Å². The second kappa shape index (κ2) is 2.31. The lowest BCUT2D eigenvalue weighted by atomic mass is 10.5. The maximum absolute atomic E-state index is 12.3. The molecule has 4 heteroatoms. The molecule has 0 rings (SSSR count). The molecule has 3 nitrogen and oxygen atoms in total. The van der Waals surface area contributed by atoms with Crippen LogP contribution in [-0.2, 0) is 4.79 Å². The molecule has 0 radical (unpaired) electrons. The van der Waals surface area contributed by atoms with Crippen LogP contribution in [0.1, 0.15) is 0 Å². The first kappa shape index (κ1) is 8.36. The Hall–Kier alpha value is -0.640. The summed E-state index contributed by atoms with van der Waals surface area (Å²) in [4.78, 5) is 9.84. The number of carbonyl (C=O) groups excluding carboxylic acids is 1. The van der Waals surface area contributed by atoms with Crippen LogP contribution in [0.2, 0.25) is 0 Å². The first-order valence-corrected chi connectivity index (χ1v) is 2.51. The Bertz CT molecular complexity index is 119. The fourth-order valence-corrected chi connectivity index (χ4v) is 0.316. The molecule has 0 saturated carbocycles. The highest BCUT2D eigenvalue weighted by molar-refractivity contribution is 5.67. The van der Waals surface area contributed by atoms with E-state index in [0.29, 0.717) is 0 Å². The number of halogens is 1. The number of likely N-dealkylation sites (N-methyl/N-ethyl adjacent to an activating group) is 1. The zero-order chi connectivity index (χ0) is 7.65. The fraction of sp³-hybridized carbons (Fsp3) is 0.800. The van der Waals surface area contributed by atoms with E-state index in [-0.39, 0.29) is 4.48 Å². The summed E-state index contributed by atoms with van der Waals surface area (Å²) in [7, 11) is 4.33. The van der Waals surface area contributed by atoms with E-state index < -0.39 is 12.3 Å². The van der Waals surface area contributed by atoms with Crippen molar-refractivity contribution >= 4 is 5.97 Å². The van der Waals surface area contributed by atoms with Crippen molar-refractivity contribution in [2.75, 3.05) is 21.1 Å². The monoisotopic (exact) mass is 135 g/mol. The molecular weight excluding hydrogens is 125 g/mol. The first-order chi connectivity index (χ1) is 3.85. The number of quaternary nitrogens is 1. The lowest BCUT2D eigenvalue weighted by molar-refractivity contribution is -0.903.